The number of fused-ring (bicyclic) bond motifs is 1. The lowest BCUT2D eigenvalue weighted by Gasteiger charge is -1.84. The molecule has 0 saturated carbocycles. The van der Waals surface area contributed by atoms with Gasteiger partial charge in [-0.05, 0) is 0 Å². The van der Waals surface area contributed by atoms with E-state index in [9.17, 15) is 0 Å². The molecular weight excluding hydrogens is 102 g/mol. The molecule has 1 aliphatic heterocycles. The fourth-order valence-electron chi connectivity index (χ4n) is 0.941. The van der Waals surface area contributed by atoms with E-state index in [-0.39, 0.29) is 0 Å². The molecular formula is C6H6NO. The molecule has 8 heavy (non-hydrogen) atoms. The molecule has 2 rings (SSSR count). The highest BCUT2D eigenvalue weighted by Gasteiger charge is 2.11. The summed E-state index contributed by atoms with van der Waals surface area (Å²) in [5.41, 5.74) is 1.12. The van der Waals surface area contributed by atoms with Crippen LogP contribution in [0.4, 0.5) is 5.69 Å². The first-order valence-corrected chi connectivity index (χ1v) is 2.69. The van der Waals surface area contributed by atoms with Gasteiger partial charge in [-0.3, -0.25) is 0 Å². The molecule has 0 unspecified atom stereocenters. The molecule has 0 atom stereocenters. The second kappa shape index (κ2) is 1.28. The highest BCUT2D eigenvalue weighted by molar-refractivity contribution is 5.49. The van der Waals surface area contributed by atoms with Crippen molar-refractivity contribution in [1.82, 2.24) is 0 Å². The second-order valence-corrected chi connectivity index (χ2v) is 1.88. The first kappa shape index (κ1) is 4.01. The highest BCUT2D eigenvalue weighted by atomic mass is 16.3. The van der Waals surface area contributed by atoms with Crippen LogP contribution in [-0.4, -0.2) is 6.54 Å². The van der Waals surface area contributed by atoms with Gasteiger partial charge < -0.3 is 9.73 Å². The van der Waals surface area contributed by atoms with Crippen LogP contribution in [0.3, 0.4) is 0 Å². The Morgan fingerprint density at radius 3 is 3.62 bits per heavy atom. The molecule has 2 nitrogen and oxygen atoms in total. The third kappa shape index (κ3) is 0.372. The van der Waals surface area contributed by atoms with Crippen LogP contribution in [0.15, 0.2) is 10.5 Å². The van der Waals surface area contributed by atoms with Crippen LogP contribution in [0.1, 0.15) is 5.76 Å². The molecule has 1 aliphatic rings. The summed E-state index contributed by atoms with van der Waals surface area (Å²) in [7, 11) is 0. The van der Waals surface area contributed by atoms with Gasteiger partial charge in [0, 0.05) is 19.0 Å². The van der Waals surface area contributed by atoms with Crippen molar-refractivity contribution < 1.29 is 4.42 Å². The van der Waals surface area contributed by atoms with Crippen molar-refractivity contribution in [2.75, 3.05) is 11.9 Å². The molecule has 1 radical (unpaired) electrons. The summed E-state index contributed by atoms with van der Waals surface area (Å²) in [6.07, 6.45) is 3.68. The molecule has 0 bridgehead atoms. The molecule has 0 amide bonds. The molecule has 1 aromatic rings. The molecule has 0 spiro atoms. The Morgan fingerprint density at radius 1 is 1.75 bits per heavy atom. The van der Waals surface area contributed by atoms with Crippen molar-refractivity contribution >= 4 is 5.69 Å². The summed E-state index contributed by atoms with van der Waals surface area (Å²) >= 11 is 0. The first-order chi connectivity index (χ1) is 3.97. The molecule has 1 aromatic heterocycles. The molecule has 2 heterocycles. The van der Waals surface area contributed by atoms with Gasteiger partial charge in [-0.15, -0.1) is 0 Å². The van der Waals surface area contributed by atoms with Gasteiger partial charge in [-0.2, -0.15) is 0 Å². The predicted molar refractivity (Wildman–Crippen MR) is 29.7 cm³/mol. The van der Waals surface area contributed by atoms with Crippen LogP contribution in [-0.2, 0) is 6.42 Å². The fourth-order valence-corrected chi connectivity index (χ4v) is 0.941. The molecule has 0 aromatic carbocycles. The van der Waals surface area contributed by atoms with Gasteiger partial charge in [0.05, 0.1) is 5.69 Å². The zero-order chi connectivity index (χ0) is 5.40. The Kier molecular flexibility index (Phi) is 0.640. The summed E-state index contributed by atoms with van der Waals surface area (Å²) in [6, 6.07) is 1.84. The van der Waals surface area contributed by atoms with Crippen molar-refractivity contribution in [3.05, 3.63) is 18.1 Å². The van der Waals surface area contributed by atoms with E-state index in [1.807, 2.05) is 6.07 Å². The number of hydrogen-bond acceptors (Lipinski definition) is 2. The van der Waals surface area contributed by atoms with Crippen molar-refractivity contribution in [3.63, 3.8) is 0 Å². The Balaban J connectivity index is 2.54. The van der Waals surface area contributed by atoms with Crippen LogP contribution in [0, 0.1) is 6.26 Å². The van der Waals surface area contributed by atoms with E-state index in [0.29, 0.717) is 0 Å². The van der Waals surface area contributed by atoms with Crippen molar-refractivity contribution in [3.8, 4) is 0 Å². The lowest BCUT2D eigenvalue weighted by molar-refractivity contribution is 0.513. The van der Waals surface area contributed by atoms with Gasteiger partial charge >= 0.3 is 0 Å². The van der Waals surface area contributed by atoms with Gasteiger partial charge in [0.25, 0.3) is 0 Å². The number of hydrogen-bond donors (Lipinski definition) is 1. The van der Waals surface area contributed by atoms with Crippen LogP contribution in [0.25, 0.3) is 0 Å². The second-order valence-electron chi connectivity index (χ2n) is 1.88. The van der Waals surface area contributed by atoms with Crippen LogP contribution >= 0.6 is 0 Å². The average Bonchev–Trinajstić information content (AvgIpc) is 2.15. The maximum absolute atomic E-state index is 4.99. The number of anilines is 1. The smallest absolute Gasteiger partial charge is 0.171 e. The van der Waals surface area contributed by atoms with Gasteiger partial charge in [0.15, 0.2) is 6.26 Å². The van der Waals surface area contributed by atoms with E-state index in [1.54, 1.807) is 0 Å². The Hall–Kier alpha value is -0.920. The minimum Gasteiger partial charge on any atom is -0.455 e. The molecule has 41 valence electrons. The van der Waals surface area contributed by atoms with E-state index >= 15 is 0 Å². The van der Waals surface area contributed by atoms with E-state index in [2.05, 4.69) is 11.6 Å². The van der Waals surface area contributed by atoms with E-state index in [1.165, 1.54) is 0 Å². The van der Waals surface area contributed by atoms with Crippen molar-refractivity contribution in [2.45, 2.75) is 6.42 Å². The summed E-state index contributed by atoms with van der Waals surface area (Å²) < 4.78 is 4.99. The highest BCUT2D eigenvalue weighted by Crippen LogP contribution is 2.21. The summed E-state index contributed by atoms with van der Waals surface area (Å²) in [5, 5.41) is 3.16. The minimum atomic E-state index is 1.01. The SMILES string of the molecule is [c]1cc2c(o1)CCN2. The fraction of sp³-hybridized carbons (Fsp3) is 0.333. The average molecular weight is 108 g/mol. The van der Waals surface area contributed by atoms with Crippen LogP contribution < -0.4 is 5.32 Å². The van der Waals surface area contributed by atoms with E-state index in [0.717, 1.165) is 24.4 Å². The van der Waals surface area contributed by atoms with Crippen molar-refractivity contribution in [1.29, 1.82) is 0 Å². The maximum atomic E-state index is 4.99. The third-order valence-corrected chi connectivity index (χ3v) is 1.35. The van der Waals surface area contributed by atoms with Crippen molar-refractivity contribution in [2.24, 2.45) is 0 Å². The third-order valence-electron chi connectivity index (χ3n) is 1.35. The molecule has 2 heteroatoms. The lowest BCUT2D eigenvalue weighted by Crippen LogP contribution is -1.90. The van der Waals surface area contributed by atoms with E-state index < -0.39 is 0 Å². The van der Waals surface area contributed by atoms with Gasteiger partial charge in [0.2, 0.25) is 0 Å². The number of nitrogens with one attached hydrogen (secondary N) is 1. The summed E-state index contributed by atoms with van der Waals surface area (Å²) in [6.45, 7) is 1.02. The predicted octanol–water partition coefficient (Wildman–Crippen LogP) is 1.05. The zero-order valence-corrected chi connectivity index (χ0v) is 4.40. The lowest BCUT2D eigenvalue weighted by atomic mass is 10.4. The van der Waals surface area contributed by atoms with E-state index in [4.69, 9.17) is 4.42 Å². The largest absolute Gasteiger partial charge is 0.455 e. The Labute approximate surface area is 47.5 Å². The maximum Gasteiger partial charge on any atom is 0.171 e. The Bertz CT molecular complexity index is 174. The number of furan rings is 1. The zero-order valence-electron chi connectivity index (χ0n) is 4.40. The monoisotopic (exact) mass is 108 g/mol. The standard InChI is InChI=1S/C6H6NO/c1-3-7-5-2-4-8-6(1)5/h2,7H,1,3H2. The molecule has 0 fully saturated rings. The van der Waals surface area contributed by atoms with Crippen LogP contribution in [0.2, 0.25) is 0 Å². The first-order valence-electron chi connectivity index (χ1n) is 2.69. The minimum absolute atomic E-state index is 1.01. The number of rotatable bonds is 0. The molecule has 0 saturated heterocycles. The summed E-state index contributed by atoms with van der Waals surface area (Å²) in [5.74, 6) is 1.05. The van der Waals surface area contributed by atoms with Crippen LogP contribution in [0.5, 0.6) is 0 Å². The molecule has 1 N–H and O–H groups in total. The normalized spacial score (nSPS) is 15.5. The van der Waals surface area contributed by atoms with Gasteiger partial charge in [0.1, 0.15) is 5.76 Å². The summed E-state index contributed by atoms with van der Waals surface area (Å²) in [4.78, 5) is 0. The molecule has 0 aliphatic carbocycles. The quantitative estimate of drug-likeness (QED) is 0.537. The van der Waals surface area contributed by atoms with Gasteiger partial charge in [-0.25, -0.2) is 0 Å². The topological polar surface area (TPSA) is 25.2 Å². The Morgan fingerprint density at radius 2 is 2.75 bits per heavy atom. The van der Waals surface area contributed by atoms with Gasteiger partial charge in [-0.1, -0.05) is 0 Å².